The molecule has 0 amide bonds. The summed E-state index contributed by atoms with van der Waals surface area (Å²) in [5, 5.41) is 0. The molecule has 152 valence electrons. The second-order valence-electron chi connectivity index (χ2n) is 8.65. The number of methoxy groups -OCH3 is 1. The third-order valence-electron chi connectivity index (χ3n) is 6.65. The highest BCUT2D eigenvalue weighted by Gasteiger charge is 2.34. The molecule has 5 heteroatoms. The minimum Gasteiger partial charge on any atom is -0.489 e. The SMILES string of the molecule is C=CC1=C(C)COc2cc3c(cc21)CCc1[nH]c(C2CC(COC)CN2C)nc1-3. The van der Waals surface area contributed by atoms with E-state index in [9.17, 15) is 0 Å². The molecule has 1 fully saturated rings. The Morgan fingerprint density at radius 1 is 1.34 bits per heavy atom. The van der Waals surface area contributed by atoms with Crippen LogP contribution in [0.2, 0.25) is 0 Å². The summed E-state index contributed by atoms with van der Waals surface area (Å²) in [4.78, 5) is 11.2. The maximum atomic E-state index is 6.05. The number of likely N-dealkylation sites (tertiary alicyclic amines) is 1. The van der Waals surface area contributed by atoms with Crippen LogP contribution in [0.25, 0.3) is 16.8 Å². The third-order valence-corrected chi connectivity index (χ3v) is 6.65. The molecule has 1 saturated heterocycles. The van der Waals surface area contributed by atoms with E-state index in [1.165, 1.54) is 33.5 Å². The molecule has 3 heterocycles. The number of ether oxygens (including phenoxy) is 2. The Kier molecular flexibility index (Phi) is 4.60. The summed E-state index contributed by atoms with van der Waals surface area (Å²) in [5.41, 5.74) is 8.53. The van der Waals surface area contributed by atoms with Crippen molar-refractivity contribution in [3.63, 3.8) is 0 Å². The van der Waals surface area contributed by atoms with Crippen molar-refractivity contribution in [2.24, 2.45) is 5.92 Å². The summed E-state index contributed by atoms with van der Waals surface area (Å²) >= 11 is 0. The maximum absolute atomic E-state index is 6.05. The molecule has 1 N–H and O–H groups in total. The number of imidazole rings is 1. The lowest BCUT2D eigenvalue weighted by molar-refractivity contribution is 0.155. The quantitative estimate of drug-likeness (QED) is 0.850. The topological polar surface area (TPSA) is 50.4 Å². The van der Waals surface area contributed by atoms with Gasteiger partial charge in [-0.3, -0.25) is 4.90 Å². The van der Waals surface area contributed by atoms with Gasteiger partial charge in [-0.15, -0.1) is 0 Å². The van der Waals surface area contributed by atoms with E-state index in [0.717, 1.165) is 49.7 Å². The molecule has 0 radical (unpaired) electrons. The minimum absolute atomic E-state index is 0.330. The van der Waals surface area contributed by atoms with Gasteiger partial charge in [0.2, 0.25) is 0 Å². The summed E-state index contributed by atoms with van der Waals surface area (Å²) in [6, 6.07) is 4.81. The molecular weight excluding hydrogens is 362 g/mol. The number of benzene rings is 1. The van der Waals surface area contributed by atoms with Crippen LogP contribution >= 0.6 is 0 Å². The number of aromatic nitrogens is 2. The number of aryl methyl sites for hydroxylation is 2. The Morgan fingerprint density at radius 2 is 2.21 bits per heavy atom. The molecule has 2 atom stereocenters. The van der Waals surface area contributed by atoms with Gasteiger partial charge in [0.05, 0.1) is 18.3 Å². The lowest BCUT2D eigenvalue weighted by atomic mass is 9.87. The second-order valence-corrected chi connectivity index (χ2v) is 8.65. The van der Waals surface area contributed by atoms with Gasteiger partial charge in [-0.1, -0.05) is 12.7 Å². The first kappa shape index (κ1) is 18.6. The number of rotatable bonds is 4. The molecule has 1 aromatic carbocycles. The zero-order chi connectivity index (χ0) is 20.1. The van der Waals surface area contributed by atoms with Gasteiger partial charge >= 0.3 is 0 Å². The van der Waals surface area contributed by atoms with Gasteiger partial charge in [-0.25, -0.2) is 4.98 Å². The first-order valence-electron chi connectivity index (χ1n) is 10.5. The minimum atomic E-state index is 0.330. The van der Waals surface area contributed by atoms with Crippen LogP contribution in [-0.4, -0.2) is 48.8 Å². The standard InChI is InChI=1S/C24H29N3O2/c1-5-17-14(2)12-29-22-10-18-16(9-19(17)22)6-7-20-23(18)26-24(25-20)21-8-15(13-28-4)11-27(21)3/h5,9-10,15,21H,1,6-8,11-13H2,2-4H3,(H,25,26). The Morgan fingerprint density at radius 3 is 3.00 bits per heavy atom. The molecule has 0 bridgehead atoms. The Balaban J connectivity index is 1.52. The van der Waals surface area contributed by atoms with Crippen molar-refractivity contribution in [1.82, 2.24) is 14.9 Å². The zero-order valence-corrected chi connectivity index (χ0v) is 17.5. The second kappa shape index (κ2) is 7.15. The zero-order valence-electron chi connectivity index (χ0n) is 17.5. The smallest absolute Gasteiger partial charge is 0.128 e. The summed E-state index contributed by atoms with van der Waals surface area (Å²) in [7, 11) is 3.97. The van der Waals surface area contributed by atoms with E-state index in [-0.39, 0.29) is 0 Å². The summed E-state index contributed by atoms with van der Waals surface area (Å²) < 4.78 is 11.4. The maximum Gasteiger partial charge on any atom is 0.128 e. The highest BCUT2D eigenvalue weighted by molar-refractivity contribution is 5.84. The first-order valence-corrected chi connectivity index (χ1v) is 10.5. The highest BCUT2D eigenvalue weighted by atomic mass is 16.5. The van der Waals surface area contributed by atoms with E-state index in [2.05, 4.69) is 42.6 Å². The normalized spacial score (nSPS) is 23.4. The predicted octanol–water partition coefficient (Wildman–Crippen LogP) is 4.17. The molecule has 3 aliphatic rings. The van der Waals surface area contributed by atoms with Gasteiger partial charge < -0.3 is 14.5 Å². The average Bonchev–Trinajstić information content (AvgIpc) is 3.30. The van der Waals surface area contributed by atoms with Gasteiger partial charge in [-0.2, -0.15) is 0 Å². The van der Waals surface area contributed by atoms with Crippen molar-refractivity contribution < 1.29 is 9.47 Å². The molecule has 1 aliphatic carbocycles. The number of H-pyrrole nitrogens is 1. The predicted molar refractivity (Wildman–Crippen MR) is 115 cm³/mol. The molecule has 0 saturated carbocycles. The van der Waals surface area contributed by atoms with Crippen molar-refractivity contribution in [2.45, 2.75) is 32.2 Å². The van der Waals surface area contributed by atoms with Gasteiger partial charge in [0.1, 0.15) is 18.2 Å². The summed E-state index contributed by atoms with van der Waals surface area (Å²) in [6.45, 7) is 8.62. The number of allylic oxidation sites excluding steroid dienone is 2. The molecule has 1 aromatic heterocycles. The molecule has 2 aliphatic heterocycles. The fourth-order valence-corrected chi connectivity index (χ4v) is 5.19. The number of aromatic amines is 1. The molecule has 2 unspecified atom stereocenters. The third kappa shape index (κ3) is 3.04. The molecule has 5 nitrogen and oxygen atoms in total. The number of fused-ring (bicyclic) bond motifs is 4. The van der Waals surface area contributed by atoms with E-state index < -0.39 is 0 Å². The van der Waals surface area contributed by atoms with Crippen molar-refractivity contribution in [3.8, 4) is 17.0 Å². The van der Waals surface area contributed by atoms with Crippen LogP contribution in [0.1, 0.15) is 42.0 Å². The molecular formula is C24H29N3O2. The lowest BCUT2D eigenvalue weighted by Gasteiger charge is -2.24. The number of hydrogen-bond donors (Lipinski definition) is 1. The van der Waals surface area contributed by atoms with Gasteiger partial charge in [0.15, 0.2) is 0 Å². The molecule has 2 aromatic rings. The fourth-order valence-electron chi connectivity index (χ4n) is 5.19. The Bertz CT molecular complexity index is 1000. The number of nitrogens with one attached hydrogen (secondary N) is 1. The average molecular weight is 392 g/mol. The van der Waals surface area contributed by atoms with Crippen LogP contribution in [0.4, 0.5) is 0 Å². The van der Waals surface area contributed by atoms with Crippen LogP contribution in [0.3, 0.4) is 0 Å². The van der Waals surface area contributed by atoms with E-state index >= 15 is 0 Å². The molecule has 5 rings (SSSR count). The molecule has 0 spiro atoms. The van der Waals surface area contributed by atoms with Crippen molar-refractivity contribution in [2.75, 3.05) is 33.9 Å². The van der Waals surface area contributed by atoms with Gasteiger partial charge in [0, 0.05) is 30.5 Å². The van der Waals surface area contributed by atoms with Crippen molar-refractivity contribution in [1.29, 1.82) is 0 Å². The monoisotopic (exact) mass is 391 g/mol. The summed E-state index contributed by atoms with van der Waals surface area (Å²) in [6.07, 6.45) is 5.06. The number of nitrogens with zero attached hydrogens (tertiary/aromatic N) is 2. The van der Waals surface area contributed by atoms with E-state index in [4.69, 9.17) is 14.5 Å². The summed E-state index contributed by atoms with van der Waals surface area (Å²) in [5.74, 6) is 2.60. The first-order chi connectivity index (χ1) is 14.1. The van der Waals surface area contributed by atoms with Gasteiger partial charge in [0.25, 0.3) is 0 Å². The number of hydrogen-bond acceptors (Lipinski definition) is 4. The fraction of sp³-hybridized carbons (Fsp3) is 0.458. The van der Waals surface area contributed by atoms with Crippen LogP contribution in [-0.2, 0) is 17.6 Å². The van der Waals surface area contributed by atoms with E-state index in [1.54, 1.807) is 7.11 Å². The van der Waals surface area contributed by atoms with Crippen LogP contribution < -0.4 is 4.74 Å². The van der Waals surface area contributed by atoms with Crippen LogP contribution in [0.15, 0.2) is 30.4 Å². The van der Waals surface area contributed by atoms with Crippen LogP contribution in [0, 0.1) is 5.92 Å². The highest BCUT2D eigenvalue weighted by Crippen LogP contribution is 2.43. The van der Waals surface area contributed by atoms with Crippen molar-refractivity contribution in [3.05, 3.63) is 53.0 Å². The Labute approximate surface area is 172 Å². The lowest BCUT2D eigenvalue weighted by Crippen LogP contribution is -2.20. The molecule has 29 heavy (non-hydrogen) atoms. The van der Waals surface area contributed by atoms with E-state index in [1.807, 2.05) is 6.08 Å². The van der Waals surface area contributed by atoms with Gasteiger partial charge in [-0.05, 0) is 68.0 Å². The van der Waals surface area contributed by atoms with Crippen molar-refractivity contribution >= 4 is 5.57 Å². The largest absolute Gasteiger partial charge is 0.489 e. The van der Waals surface area contributed by atoms with Crippen LogP contribution in [0.5, 0.6) is 5.75 Å². The van der Waals surface area contributed by atoms with E-state index in [0.29, 0.717) is 18.6 Å². The Hall–Kier alpha value is -2.37.